The van der Waals surface area contributed by atoms with Gasteiger partial charge in [0.2, 0.25) is 11.8 Å². The van der Waals surface area contributed by atoms with Gasteiger partial charge >= 0.3 is 0 Å². The van der Waals surface area contributed by atoms with Gasteiger partial charge in [-0.15, -0.1) is 0 Å². The van der Waals surface area contributed by atoms with Crippen molar-refractivity contribution in [3.8, 4) is 0 Å². The Balaban J connectivity index is 1.41. The highest BCUT2D eigenvalue weighted by atomic mass is 35.5. The molecule has 2 bridgehead atoms. The maximum absolute atomic E-state index is 13.4. The molecule has 1 aromatic carbocycles. The van der Waals surface area contributed by atoms with Crippen molar-refractivity contribution in [2.75, 3.05) is 5.32 Å². The van der Waals surface area contributed by atoms with Crippen LogP contribution >= 0.6 is 11.6 Å². The Morgan fingerprint density at radius 1 is 1.12 bits per heavy atom. The monoisotopic (exact) mass is 452 g/mol. The number of nitrogens with zero attached hydrogens (tertiary/aromatic N) is 4. The van der Waals surface area contributed by atoms with Gasteiger partial charge in [0.25, 0.3) is 5.91 Å². The van der Waals surface area contributed by atoms with Crippen LogP contribution in [0.1, 0.15) is 29.8 Å². The fourth-order valence-corrected chi connectivity index (χ4v) is 5.17. The molecule has 0 radical (unpaired) electrons. The van der Waals surface area contributed by atoms with E-state index in [0.29, 0.717) is 16.7 Å². The Hall–Kier alpha value is -3.46. The first-order valence-electron chi connectivity index (χ1n) is 10.4. The molecule has 1 saturated carbocycles. The van der Waals surface area contributed by atoms with Gasteiger partial charge in [0, 0.05) is 11.4 Å². The zero-order valence-corrected chi connectivity index (χ0v) is 17.8. The number of halogens is 1. The number of nitrogens with one attached hydrogen (secondary N) is 1. The molecule has 10 heteroatoms. The van der Waals surface area contributed by atoms with Crippen LogP contribution in [0, 0.1) is 5.92 Å². The highest BCUT2D eigenvalue weighted by molar-refractivity contribution is 6.29. The summed E-state index contributed by atoms with van der Waals surface area (Å²) in [4.78, 5) is 44.1. The maximum Gasteiger partial charge on any atom is 0.269 e. The molecule has 9 nitrogen and oxygen atoms in total. The maximum atomic E-state index is 13.4. The number of benzene rings is 1. The third-order valence-corrected chi connectivity index (χ3v) is 6.49. The number of nitrogens with two attached hydrogens (primary N) is 1. The van der Waals surface area contributed by atoms with E-state index in [1.54, 1.807) is 41.3 Å². The minimum atomic E-state index is -0.654. The van der Waals surface area contributed by atoms with Gasteiger partial charge in [0.15, 0.2) is 5.69 Å². The van der Waals surface area contributed by atoms with Crippen molar-refractivity contribution in [1.82, 2.24) is 19.7 Å². The number of carbonyl (C=O) groups excluding carboxylic acids is 3. The van der Waals surface area contributed by atoms with E-state index < -0.39 is 11.9 Å². The molecule has 3 N–H and O–H groups in total. The highest BCUT2D eigenvalue weighted by Crippen LogP contribution is 2.43. The Labute approximate surface area is 188 Å². The number of rotatable bonds is 5. The van der Waals surface area contributed by atoms with Gasteiger partial charge in [-0.3, -0.25) is 19.1 Å². The summed E-state index contributed by atoms with van der Waals surface area (Å²) >= 11 is 5.92. The third-order valence-electron chi connectivity index (χ3n) is 6.28. The van der Waals surface area contributed by atoms with Gasteiger partial charge in [0.1, 0.15) is 23.6 Å². The number of para-hydroxylation sites is 1. The summed E-state index contributed by atoms with van der Waals surface area (Å²) in [6.07, 6.45) is 2.55. The lowest BCUT2D eigenvalue weighted by molar-refractivity contribution is -0.141. The number of primary amides is 1. The van der Waals surface area contributed by atoms with Crippen molar-refractivity contribution < 1.29 is 14.4 Å². The molecule has 2 aromatic heterocycles. The predicted molar refractivity (Wildman–Crippen MR) is 118 cm³/mol. The van der Waals surface area contributed by atoms with Crippen LogP contribution in [0.5, 0.6) is 0 Å². The van der Waals surface area contributed by atoms with Gasteiger partial charge < -0.3 is 16.0 Å². The average Bonchev–Trinajstić information content (AvgIpc) is 3.47. The Morgan fingerprint density at radius 2 is 1.94 bits per heavy atom. The smallest absolute Gasteiger partial charge is 0.269 e. The van der Waals surface area contributed by atoms with Crippen LogP contribution in [0.2, 0.25) is 5.15 Å². The number of fused-ring (bicyclic) bond motifs is 3. The summed E-state index contributed by atoms with van der Waals surface area (Å²) in [6.45, 7) is -0.0871. The number of hydrogen-bond acceptors (Lipinski definition) is 5. The second-order valence-corrected chi connectivity index (χ2v) is 8.58. The normalized spacial score (nSPS) is 21.8. The van der Waals surface area contributed by atoms with E-state index in [-0.39, 0.29) is 41.2 Å². The van der Waals surface area contributed by atoms with Crippen molar-refractivity contribution in [3.05, 3.63) is 53.3 Å². The minimum absolute atomic E-state index is 0.00741. The van der Waals surface area contributed by atoms with Gasteiger partial charge in [-0.25, -0.2) is 4.98 Å². The molecule has 3 aromatic rings. The molecule has 2 unspecified atom stereocenters. The lowest BCUT2D eigenvalue weighted by Crippen LogP contribution is -2.52. The molecular weight excluding hydrogens is 432 g/mol. The second kappa shape index (κ2) is 7.90. The van der Waals surface area contributed by atoms with Gasteiger partial charge in [-0.05, 0) is 43.4 Å². The molecule has 3 amide bonds. The van der Waals surface area contributed by atoms with Crippen LogP contribution in [0.25, 0.3) is 10.9 Å². The molecule has 1 aliphatic carbocycles. The number of piperidine rings is 1. The van der Waals surface area contributed by atoms with Crippen molar-refractivity contribution in [1.29, 1.82) is 0 Å². The van der Waals surface area contributed by atoms with Crippen LogP contribution in [0.15, 0.2) is 42.5 Å². The third kappa shape index (κ3) is 3.48. The highest BCUT2D eigenvalue weighted by Gasteiger charge is 2.51. The largest absolute Gasteiger partial charge is 0.364 e. The molecule has 32 heavy (non-hydrogen) atoms. The number of carbonyl (C=O) groups is 3. The van der Waals surface area contributed by atoms with E-state index in [0.717, 1.165) is 19.3 Å². The minimum Gasteiger partial charge on any atom is -0.364 e. The first-order chi connectivity index (χ1) is 15.4. The lowest BCUT2D eigenvalue weighted by Gasteiger charge is -2.34. The zero-order chi connectivity index (χ0) is 22.4. The molecule has 5 rings (SSSR count). The standard InChI is InChI=1S/C22H21ClN6O3/c23-16-6-3-7-17(25-16)26-22(32)20-12-8-9-13(10-12)29(20)18(30)11-28-15-5-2-1-4-14(15)19(27-28)21(24)31/h1-7,12-13,20H,8-11H2,(H2,24,31)(H,25,26,32)/t12?,13?,20-/m0/s1. The molecule has 1 saturated heterocycles. The summed E-state index contributed by atoms with van der Waals surface area (Å²) in [7, 11) is 0. The Bertz CT molecular complexity index is 1240. The molecule has 0 spiro atoms. The molecular formula is C22H21ClN6O3. The summed E-state index contributed by atoms with van der Waals surface area (Å²) in [6, 6.07) is 11.5. The van der Waals surface area contributed by atoms with Crippen LogP contribution in [-0.2, 0) is 16.1 Å². The number of hydrogen-bond donors (Lipinski definition) is 2. The van der Waals surface area contributed by atoms with Crippen molar-refractivity contribution in [3.63, 3.8) is 0 Å². The van der Waals surface area contributed by atoms with Crippen molar-refractivity contribution in [2.24, 2.45) is 11.7 Å². The molecule has 2 fully saturated rings. The van der Waals surface area contributed by atoms with Crippen LogP contribution in [0.3, 0.4) is 0 Å². The van der Waals surface area contributed by atoms with Crippen molar-refractivity contribution >= 4 is 46.0 Å². The number of anilines is 1. The topological polar surface area (TPSA) is 123 Å². The van der Waals surface area contributed by atoms with Crippen molar-refractivity contribution in [2.45, 2.75) is 37.9 Å². The summed E-state index contributed by atoms with van der Waals surface area (Å²) in [5.74, 6) is -0.705. The van der Waals surface area contributed by atoms with E-state index in [1.807, 2.05) is 6.07 Å². The Morgan fingerprint density at radius 3 is 2.72 bits per heavy atom. The Kier molecular flexibility index (Phi) is 5.05. The SMILES string of the molecule is NC(=O)c1nn(CC(=O)N2C3CCC(C3)[C@H]2C(=O)Nc2cccc(Cl)n2)c2ccccc12. The fraction of sp³-hybridized carbons (Fsp3) is 0.318. The molecule has 2 aliphatic rings. The number of pyridine rings is 1. The summed E-state index contributed by atoms with van der Waals surface area (Å²) in [5, 5.41) is 7.95. The van der Waals surface area contributed by atoms with Crippen LogP contribution in [0.4, 0.5) is 5.82 Å². The number of amides is 3. The lowest BCUT2D eigenvalue weighted by atomic mass is 9.97. The van der Waals surface area contributed by atoms with Crippen LogP contribution in [-0.4, -0.2) is 49.5 Å². The van der Waals surface area contributed by atoms with E-state index in [9.17, 15) is 14.4 Å². The summed E-state index contributed by atoms with van der Waals surface area (Å²) in [5.41, 5.74) is 6.23. The van der Waals surface area contributed by atoms with E-state index in [4.69, 9.17) is 17.3 Å². The molecule has 164 valence electrons. The second-order valence-electron chi connectivity index (χ2n) is 8.20. The summed E-state index contributed by atoms with van der Waals surface area (Å²) < 4.78 is 1.48. The van der Waals surface area contributed by atoms with Crippen LogP contribution < -0.4 is 11.1 Å². The first kappa shape index (κ1) is 20.4. The molecule has 1 aliphatic heterocycles. The average molecular weight is 453 g/mol. The van der Waals surface area contributed by atoms with Gasteiger partial charge in [0.05, 0.1) is 5.52 Å². The first-order valence-corrected chi connectivity index (χ1v) is 10.8. The van der Waals surface area contributed by atoms with E-state index in [2.05, 4.69) is 15.4 Å². The predicted octanol–water partition coefficient (Wildman–Crippen LogP) is 2.20. The number of likely N-dealkylation sites (tertiary alicyclic amines) is 1. The van der Waals surface area contributed by atoms with E-state index >= 15 is 0 Å². The van der Waals surface area contributed by atoms with Gasteiger partial charge in [-0.1, -0.05) is 35.9 Å². The van der Waals surface area contributed by atoms with E-state index in [1.165, 1.54) is 4.68 Å². The quantitative estimate of drug-likeness (QED) is 0.574. The zero-order valence-electron chi connectivity index (χ0n) is 17.1. The molecule has 3 atom stereocenters. The number of aromatic nitrogens is 3. The fourth-order valence-electron chi connectivity index (χ4n) is 5.00. The molecule has 3 heterocycles. The van der Waals surface area contributed by atoms with Gasteiger partial charge in [-0.2, -0.15) is 5.10 Å².